The molecular weight excluding hydrogens is 174 g/mol. The first-order valence-electron chi connectivity index (χ1n) is 5.08. The van der Waals surface area contributed by atoms with Crippen molar-refractivity contribution in [1.29, 1.82) is 0 Å². The van der Waals surface area contributed by atoms with Gasteiger partial charge in [0, 0.05) is 12.6 Å². The van der Waals surface area contributed by atoms with E-state index in [9.17, 15) is 0 Å². The molecule has 0 fully saturated rings. The van der Waals surface area contributed by atoms with Crippen LogP contribution in [0.3, 0.4) is 0 Å². The Labute approximate surface area is 86.5 Å². The summed E-state index contributed by atoms with van der Waals surface area (Å²) < 4.78 is 5.49. The third-order valence-corrected chi connectivity index (χ3v) is 1.90. The van der Waals surface area contributed by atoms with Crippen molar-refractivity contribution >= 4 is 0 Å². The first kappa shape index (κ1) is 11.1. The lowest BCUT2D eigenvalue weighted by Crippen LogP contribution is -3.01. The maximum Gasteiger partial charge on any atom is 0.119 e. The molecule has 1 aromatic carbocycles. The fourth-order valence-corrected chi connectivity index (χ4v) is 1.27. The minimum absolute atomic E-state index is 0.792. The zero-order valence-corrected chi connectivity index (χ0v) is 9.05. The van der Waals surface area contributed by atoms with Crippen molar-refractivity contribution in [2.24, 2.45) is 0 Å². The molecule has 0 aliphatic rings. The van der Waals surface area contributed by atoms with E-state index >= 15 is 0 Å². The monoisotopic (exact) mass is 193 g/mol. The van der Waals surface area contributed by atoms with Crippen LogP contribution >= 0.6 is 0 Å². The number of quaternary nitrogens is 1. The van der Waals surface area contributed by atoms with E-state index in [-0.39, 0.29) is 0 Å². The molecule has 0 radical (unpaired) electrons. The van der Waals surface area contributed by atoms with Crippen LogP contribution in [0, 0.1) is 7.05 Å². The van der Waals surface area contributed by atoms with Crippen LogP contribution in [-0.2, 0) is 6.54 Å². The van der Waals surface area contributed by atoms with E-state index in [1.807, 2.05) is 19.2 Å². The van der Waals surface area contributed by atoms with Crippen molar-refractivity contribution in [3.63, 3.8) is 0 Å². The van der Waals surface area contributed by atoms with E-state index < -0.39 is 0 Å². The standard InChI is InChI=1S/C12H19NO/c1-4-9-14-12-7-5-11(6-8-12)10-13(2)3/h5-8,13H,2,4,9-10H2,1,3H3. The summed E-state index contributed by atoms with van der Waals surface area (Å²) in [5, 5.41) is 0. The minimum Gasteiger partial charge on any atom is -0.494 e. The molecule has 0 aliphatic heterocycles. The molecule has 0 amide bonds. The van der Waals surface area contributed by atoms with Crippen molar-refractivity contribution in [2.75, 3.05) is 13.7 Å². The highest BCUT2D eigenvalue weighted by molar-refractivity contribution is 5.26. The Hall–Kier alpha value is -1.02. The predicted molar refractivity (Wildman–Crippen MR) is 58.2 cm³/mol. The van der Waals surface area contributed by atoms with Gasteiger partial charge in [0.25, 0.3) is 0 Å². The zero-order valence-electron chi connectivity index (χ0n) is 9.05. The second-order valence-electron chi connectivity index (χ2n) is 3.63. The van der Waals surface area contributed by atoms with Crippen LogP contribution in [0.1, 0.15) is 18.9 Å². The smallest absolute Gasteiger partial charge is 0.119 e. The molecule has 1 unspecified atom stereocenters. The average molecular weight is 193 g/mol. The first-order chi connectivity index (χ1) is 6.72. The number of rotatable bonds is 5. The largest absolute Gasteiger partial charge is 0.494 e. The molecule has 1 rings (SSSR count). The van der Waals surface area contributed by atoms with Gasteiger partial charge in [0.15, 0.2) is 0 Å². The molecule has 1 atom stereocenters. The Balaban J connectivity index is 2.50. The van der Waals surface area contributed by atoms with Crippen LogP contribution in [-0.4, -0.2) is 13.7 Å². The summed E-state index contributed by atoms with van der Waals surface area (Å²) >= 11 is 0. The number of benzene rings is 1. The van der Waals surface area contributed by atoms with Gasteiger partial charge >= 0.3 is 0 Å². The highest BCUT2D eigenvalue weighted by Gasteiger charge is 1.96. The van der Waals surface area contributed by atoms with Crippen molar-refractivity contribution in [3.05, 3.63) is 36.9 Å². The van der Waals surface area contributed by atoms with Crippen LogP contribution in [0.2, 0.25) is 0 Å². The van der Waals surface area contributed by atoms with E-state index in [0.717, 1.165) is 25.3 Å². The van der Waals surface area contributed by atoms with Gasteiger partial charge in [0.05, 0.1) is 13.2 Å². The normalized spacial score (nSPS) is 12.5. The number of hydrogen-bond acceptors (Lipinski definition) is 1. The van der Waals surface area contributed by atoms with E-state index in [2.05, 4.69) is 26.1 Å². The minimum atomic E-state index is 0.792. The summed E-state index contributed by atoms with van der Waals surface area (Å²) in [6.45, 7) is 3.85. The molecule has 0 aromatic heterocycles. The summed E-state index contributed by atoms with van der Waals surface area (Å²) in [4.78, 5) is 1.19. The Morgan fingerprint density at radius 2 is 1.93 bits per heavy atom. The Morgan fingerprint density at radius 3 is 2.43 bits per heavy atom. The fourth-order valence-electron chi connectivity index (χ4n) is 1.27. The molecule has 2 heteroatoms. The maximum atomic E-state index is 5.49. The third-order valence-electron chi connectivity index (χ3n) is 1.90. The Bertz CT molecular complexity index is 254. The van der Waals surface area contributed by atoms with E-state index in [4.69, 9.17) is 4.74 Å². The van der Waals surface area contributed by atoms with Gasteiger partial charge < -0.3 is 9.64 Å². The molecule has 0 aliphatic carbocycles. The van der Waals surface area contributed by atoms with Gasteiger partial charge in [-0.3, -0.25) is 0 Å². The molecule has 0 heterocycles. The molecule has 1 aromatic rings. The second-order valence-corrected chi connectivity index (χ2v) is 3.63. The maximum absolute atomic E-state index is 5.49. The van der Waals surface area contributed by atoms with Gasteiger partial charge in [-0.1, -0.05) is 6.92 Å². The van der Waals surface area contributed by atoms with Gasteiger partial charge in [-0.15, -0.1) is 0 Å². The lowest BCUT2D eigenvalue weighted by molar-refractivity contribution is -0.846. The van der Waals surface area contributed by atoms with Gasteiger partial charge in [-0.25, -0.2) is 0 Å². The van der Waals surface area contributed by atoms with Crippen molar-refractivity contribution in [2.45, 2.75) is 19.9 Å². The lowest BCUT2D eigenvalue weighted by atomic mass is 10.2. The first-order valence-corrected chi connectivity index (χ1v) is 5.08. The summed E-state index contributed by atoms with van der Waals surface area (Å²) in [6.07, 6.45) is 1.05. The average Bonchev–Trinajstić information content (AvgIpc) is 2.16. The van der Waals surface area contributed by atoms with Crippen LogP contribution in [0.15, 0.2) is 24.3 Å². The fraction of sp³-hybridized carbons (Fsp3) is 0.417. The second kappa shape index (κ2) is 5.66. The lowest BCUT2D eigenvalue weighted by Gasteiger charge is -2.14. The van der Waals surface area contributed by atoms with E-state index in [0.29, 0.717) is 0 Å². The Morgan fingerprint density at radius 1 is 1.29 bits per heavy atom. The number of hydrogen-bond donors (Lipinski definition) is 1. The van der Waals surface area contributed by atoms with Crippen LogP contribution < -0.4 is 9.64 Å². The summed E-state index contributed by atoms with van der Waals surface area (Å²) in [7, 11) is 5.93. The highest BCUT2D eigenvalue weighted by Crippen LogP contribution is 2.11. The predicted octanol–water partition coefficient (Wildman–Crippen LogP) is 1.28. The quantitative estimate of drug-likeness (QED) is 0.696. The zero-order chi connectivity index (χ0) is 10.4. The molecule has 0 saturated heterocycles. The highest BCUT2D eigenvalue weighted by atomic mass is 16.5. The summed E-state index contributed by atoms with van der Waals surface area (Å²) in [5.41, 5.74) is 1.29. The van der Waals surface area contributed by atoms with Gasteiger partial charge in [-0.2, -0.15) is 7.05 Å². The van der Waals surface area contributed by atoms with E-state index in [1.165, 1.54) is 10.5 Å². The SMILES string of the molecule is [CH2-][NH+](C)Cc1ccc(OCCC)cc1. The van der Waals surface area contributed by atoms with Gasteiger partial charge in [-0.05, 0) is 30.7 Å². The van der Waals surface area contributed by atoms with Gasteiger partial charge in [0.1, 0.15) is 5.75 Å². The van der Waals surface area contributed by atoms with Crippen LogP contribution in [0.25, 0.3) is 0 Å². The number of ether oxygens (including phenoxy) is 1. The third kappa shape index (κ3) is 3.79. The van der Waals surface area contributed by atoms with Crippen molar-refractivity contribution in [3.8, 4) is 5.75 Å². The molecule has 14 heavy (non-hydrogen) atoms. The van der Waals surface area contributed by atoms with Crippen molar-refractivity contribution in [1.82, 2.24) is 0 Å². The summed E-state index contributed by atoms with van der Waals surface area (Å²) in [6, 6.07) is 8.24. The van der Waals surface area contributed by atoms with E-state index in [1.54, 1.807) is 0 Å². The van der Waals surface area contributed by atoms with Crippen LogP contribution in [0.4, 0.5) is 0 Å². The molecule has 0 bridgehead atoms. The molecule has 0 saturated carbocycles. The number of nitrogens with one attached hydrogen (secondary N) is 1. The Kier molecular flexibility index (Phi) is 4.47. The van der Waals surface area contributed by atoms with Crippen molar-refractivity contribution < 1.29 is 9.64 Å². The molecular formula is C12H19NO. The van der Waals surface area contributed by atoms with Crippen LogP contribution in [0.5, 0.6) is 5.75 Å². The molecule has 78 valence electrons. The molecule has 2 nitrogen and oxygen atoms in total. The summed E-state index contributed by atoms with van der Waals surface area (Å²) in [5.74, 6) is 0.956. The van der Waals surface area contributed by atoms with Gasteiger partial charge in [0.2, 0.25) is 0 Å². The molecule has 1 N–H and O–H groups in total. The molecule has 0 spiro atoms. The topological polar surface area (TPSA) is 13.7 Å².